The second kappa shape index (κ2) is 6.46. The molecule has 0 radical (unpaired) electrons. The largest absolute Gasteiger partial charge is 0.357 e. The lowest BCUT2D eigenvalue weighted by Crippen LogP contribution is -2.59. The number of nitrogens with zero attached hydrogens (tertiary/aromatic N) is 5. The number of likely N-dealkylation sites (N-methyl/N-ethyl adjacent to an activating group) is 1. The van der Waals surface area contributed by atoms with E-state index >= 15 is 0 Å². The predicted octanol–water partition coefficient (Wildman–Crippen LogP) is -0.0770. The number of nitrogens with one attached hydrogen (secondary N) is 1. The lowest BCUT2D eigenvalue weighted by Gasteiger charge is -2.41. The Morgan fingerprint density at radius 1 is 1.38 bits per heavy atom. The minimum absolute atomic E-state index is 0.0196. The van der Waals surface area contributed by atoms with Crippen molar-refractivity contribution in [3.63, 3.8) is 0 Å². The van der Waals surface area contributed by atoms with Gasteiger partial charge in [-0.3, -0.25) is 19.0 Å². The highest BCUT2D eigenvalue weighted by atomic mass is 16.2. The molecule has 1 saturated heterocycles. The molecule has 2 aromatic heterocycles. The number of aromatic nitrogens is 4. The first-order chi connectivity index (χ1) is 11.5. The van der Waals surface area contributed by atoms with Gasteiger partial charge in [0.1, 0.15) is 0 Å². The molecular formula is C16H22N6O2. The highest BCUT2D eigenvalue weighted by Gasteiger charge is 2.45. The van der Waals surface area contributed by atoms with E-state index < -0.39 is 5.54 Å². The van der Waals surface area contributed by atoms with E-state index in [1.54, 1.807) is 39.8 Å². The standard InChI is InChI=1S/C16H22N6O2/c1-17-15(24)16(22-9-4-7-18-22)6-3-8-21(12-16)14(23)11-13-5-10-20(2)19-13/h4-5,7,9-10H,3,6,8,11-12H2,1-2H3,(H,17,24). The Morgan fingerprint density at radius 2 is 2.21 bits per heavy atom. The van der Waals surface area contributed by atoms with Crippen LogP contribution in [0.4, 0.5) is 0 Å². The molecule has 0 aromatic carbocycles. The molecule has 1 aliphatic heterocycles. The Hall–Kier alpha value is -2.64. The van der Waals surface area contributed by atoms with E-state index in [-0.39, 0.29) is 18.2 Å². The summed E-state index contributed by atoms with van der Waals surface area (Å²) in [6, 6.07) is 3.63. The number of hydrogen-bond acceptors (Lipinski definition) is 4. The summed E-state index contributed by atoms with van der Waals surface area (Å²) in [6.45, 7) is 0.964. The van der Waals surface area contributed by atoms with E-state index in [0.29, 0.717) is 19.5 Å². The van der Waals surface area contributed by atoms with Gasteiger partial charge in [-0.25, -0.2) is 0 Å². The van der Waals surface area contributed by atoms with Gasteiger partial charge in [-0.15, -0.1) is 0 Å². The minimum atomic E-state index is -0.851. The van der Waals surface area contributed by atoms with Crippen molar-refractivity contribution >= 4 is 11.8 Å². The van der Waals surface area contributed by atoms with E-state index in [4.69, 9.17) is 0 Å². The third-order valence-corrected chi connectivity index (χ3v) is 4.52. The van der Waals surface area contributed by atoms with Crippen molar-refractivity contribution < 1.29 is 9.59 Å². The molecular weight excluding hydrogens is 308 g/mol. The van der Waals surface area contributed by atoms with Gasteiger partial charge in [-0.05, 0) is 25.0 Å². The zero-order valence-corrected chi connectivity index (χ0v) is 14.0. The molecule has 128 valence electrons. The summed E-state index contributed by atoms with van der Waals surface area (Å²) in [5.74, 6) is -0.143. The molecule has 3 rings (SSSR count). The Labute approximate surface area is 140 Å². The fourth-order valence-electron chi connectivity index (χ4n) is 3.30. The van der Waals surface area contributed by atoms with Gasteiger partial charge < -0.3 is 10.2 Å². The molecule has 1 aliphatic rings. The molecule has 2 aromatic rings. The summed E-state index contributed by atoms with van der Waals surface area (Å²) in [7, 11) is 3.44. The fraction of sp³-hybridized carbons (Fsp3) is 0.500. The topological polar surface area (TPSA) is 85.0 Å². The van der Waals surface area contributed by atoms with Gasteiger partial charge in [0.25, 0.3) is 0 Å². The highest BCUT2D eigenvalue weighted by Crippen LogP contribution is 2.29. The van der Waals surface area contributed by atoms with E-state index in [1.807, 2.05) is 19.3 Å². The molecule has 1 fully saturated rings. The minimum Gasteiger partial charge on any atom is -0.357 e. The zero-order chi connectivity index (χ0) is 17.2. The number of carbonyl (C=O) groups is 2. The van der Waals surface area contributed by atoms with E-state index in [1.165, 1.54) is 0 Å². The first kappa shape index (κ1) is 16.2. The Kier molecular flexibility index (Phi) is 4.37. The van der Waals surface area contributed by atoms with Crippen molar-refractivity contribution in [3.8, 4) is 0 Å². The maximum Gasteiger partial charge on any atom is 0.249 e. The van der Waals surface area contributed by atoms with Gasteiger partial charge in [0.15, 0.2) is 5.54 Å². The number of piperidine rings is 1. The first-order valence-electron chi connectivity index (χ1n) is 8.04. The van der Waals surface area contributed by atoms with E-state index in [0.717, 1.165) is 12.1 Å². The molecule has 0 aliphatic carbocycles. The van der Waals surface area contributed by atoms with Crippen molar-refractivity contribution in [1.82, 2.24) is 29.8 Å². The number of aryl methyl sites for hydroxylation is 1. The third-order valence-electron chi connectivity index (χ3n) is 4.52. The summed E-state index contributed by atoms with van der Waals surface area (Å²) in [5.41, 5.74) is -0.117. The summed E-state index contributed by atoms with van der Waals surface area (Å²) >= 11 is 0. The average molecular weight is 330 g/mol. The highest BCUT2D eigenvalue weighted by molar-refractivity contribution is 5.86. The zero-order valence-electron chi connectivity index (χ0n) is 14.0. The normalized spacial score (nSPS) is 20.8. The summed E-state index contributed by atoms with van der Waals surface area (Å²) < 4.78 is 3.35. The van der Waals surface area contributed by atoms with Crippen LogP contribution in [-0.4, -0.2) is 56.4 Å². The number of rotatable bonds is 4. The van der Waals surface area contributed by atoms with Crippen molar-refractivity contribution in [2.75, 3.05) is 20.1 Å². The van der Waals surface area contributed by atoms with E-state index in [9.17, 15) is 9.59 Å². The van der Waals surface area contributed by atoms with Crippen LogP contribution in [-0.2, 0) is 28.6 Å². The van der Waals surface area contributed by atoms with Crippen LogP contribution in [0.15, 0.2) is 30.7 Å². The first-order valence-corrected chi connectivity index (χ1v) is 8.04. The van der Waals surface area contributed by atoms with Crippen molar-refractivity contribution in [3.05, 3.63) is 36.4 Å². The summed E-state index contributed by atoms with van der Waals surface area (Å²) in [6.07, 6.45) is 6.89. The molecule has 0 saturated carbocycles. The lowest BCUT2D eigenvalue weighted by atomic mass is 9.87. The van der Waals surface area contributed by atoms with Gasteiger partial charge in [0.2, 0.25) is 11.8 Å². The monoisotopic (exact) mass is 330 g/mol. The van der Waals surface area contributed by atoms with Gasteiger partial charge >= 0.3 is 0 Å². The van der Waals surface area contributed by atoms with Crippen LogP contribution in [0.1, 0.15) is 18.5 Å². The molecule has 8 nitrogen and oxygen atoms in total. The van der Waals surface area contributed by atoms with Crippen molar-refractivity contribution in [1.29, 1.82) is 0 Å². The molecule has 1 N–H and O–H groups in total. The van der Waals surface area contributed by atoms with Gasteiger partial charge in [0.05, 0.1) is 18.7 Å². The second-order valence-electron chi connectivity index (χ2n) is 6.14. The van der Waals surface area contributed by atoms with Gasteiger partial charge in [-0.2, -0.15) is 10.2 Å². The number of likely N-dealkylation sites (tertiary alicyclic amines) is 1. The quantitative estimate of drug-likeness (QED) is 0.850. The van der Waals surface area contributed by atoms with Gasteiger partial charge in [-0.1, -0.05) is 0 Å². The molecule has 24 heavy (non-hydrogen) atoms. The smallest absolute Gasteiger partial charge is 0.249 e. The van der Waals surface area contributed by atoms with Crippen LogP contribution in [0.25, 0.3) is 0 Å². The maximum atomic E-state index is 12.7. The van der Waals surface area contributed by atoms with Crippen LogP contribution in [0.5, 0.6) is 0 Å². The Balaban J connectivity index is 1.81. The molecule has 2 amide bonds. The molecule has 3 heterocycles. The van der Waals surface area contributed by atoms with E-state index in [2.05, 4.69) is 15.5 Å². The van der Waals surface area contributed by atoms with Gasteiger partial charge in [0, 0.05) is 39.2 Å². The third kappa shape index (κ3) is 2.91. The van der Waals surface area contributed by atoms with Crippen LogP contribution in [0.3, 0.4) is 0 Å². The maximum absolute atomic E-state index is 12.7. The van der Waals surface area contributed by atoms with Crippen molar-refractivity contribution in [2.45, 2.75) is 24.8 Å². The summed E-state index contributed by atoms with van der Waals surface area (Å²) in [5, 5.41) is 11.2. The molecule has 1 atom stereocenters. The van der Waals surface area contributed by atoms with Crippen molar-refractivity contribution in [2.24, 2.45) is 7.05 Å². The molecule has 8 heteroatoms. The SMILES string of the molecule is CNC(=O)C1(n2cccn2)CCCN(C(=O)Cc2ccn(C)n2)C1. The Bertz CT molecular complexity index is 723. The molecule has 0 bridgehead atoms. The predicted molar refractivity (Wildman–Crippen MR) is 87.0 cm³/mol. The summed E-state index contributed by atoms with van der Waals surface area (Å²) in [4.78, 5) is 27.0. The average Bonchev–Trinajstić information content (AvgIpc) is 3.26. The molecule has 0 spiro atoms. The van der Waals surface area contributed by atoms with Crippen LogP contribution in [0.2, 0.25) is 0 Å². The Morgan fingerprint density at radius 3 is 2.83 bits per heavy atom. The van der Waals surface area contributed by atoms with Crippen LogP contribution < -0.4 is 5.32 Å². The van der Waals surface area contributed by atoms with Crippen LogP contribution in [0, 0.1) is 0 Å². The fourth-order valence-corrected chi connectivity index (χ4v) is 3.30. The number of hydrogen-bond donors (Lipinski definition) is 1. The van der Waals surface area contributed by atoms with Crippen LogP contribution >= 0.6 is 0 Å². The molecule has 1 unspecified atom stereocenters. The second-order valence-corrected chi connectivity index (χ2v) is 6.14. The number of carbonyl (C=O) groups excluding carboxylic acids is 2. The number of amides is 2. The lowest BCUT2D eigenvalue weighted by molar-refractivity contribution is -0.140.